The average Bonchev–Trinajstić information content (AvgIpc) is 3.57. The van der Waals surface area contributed by atoms with Gasteiger partial charge in [0, 0.05) is 24.6 Å². The predicted octanol–water partition coefficient (Wildman–Crippen LogP) is 4.77. The molecule has 2 aliphatic rings. The van der Waals surface area contributed by atoms with Crippen LogP contribution in [0.25, 0.3) is 11.0 Å². The van der Waals surface area contributed by atoms with E-state index >= 15 is 4.39 Å². The summed E-state index contributed by atoms with van der Waals surface area (Å²) >= 11 is 0. The molecule has 12 heteroatoms. The number of ketones is 1. The lowest BCUT2D eigenvalue weighted by Gasteiger charge is -2.20. The Morgan fingerprint density at radius 1 is 1.14 bits per heavy atom. The van der Waals surface area contributed by atoms with Gasteiger partial charge in [-0.25, -0.2) is 31.0 Å². The Labute approximate surface area is 203 Å². The van der Waals surface area contributed by atoms with Crippen LogP contribution in [0.3, 0.4) is 0 Å². The molecule has 3 N–H and O–H groups in total. The number of rotatable bonds is 8. The Bertz CT molecular complexity index is 1530. The van der Waals surface area contributed by atoms with Crippen molar-refractivity contribution in [3.8, 4) is 0 Å². The molecule has 0 spiro atoms. The zero-order valence-electron chi connectivity index (χ0n) is 18.6. The Morgan fingerprint density at radius 2 is 1.92 bits per heavy atom. The second-order valence-corrected chi connectivity index (χ2v) is 10.5. The van der Waals surface area contributed by atoms with E-state index in [1.165, 1.54) is 12.4 Å². The van der Waals surface area contributed by atoms with E-state index < -0.39 is 55.9 Å². The summed E-state index contributed by atoms with van der Waals surface area (Å²) < 4.78 is 84.9. The Hall–Kier alpha value is -3.67. The first-order chi connectivity index (χ1) is 17.2. The van der Waals surface area contributed by atoms with Gasteiger partial charge in [0.15, 0.2) is 5.82 Å². The van der Waals surface area contributed by atoms with E-state index in [-0.39, 0.29) is 5.56 Å². The van der Waals surface area contributed by atoms with Crippen molar-refractivity contribution in [1.29, 1.82) is 0 Å². The van der Waals surface area contributed by atoms with Gasteiger partial charge < -0.3 is 10.3 Å². The van der Waals surface area contributed by atoms with Gasteiger partial charge in [-0.1, -0.05) is 0 Å². The average molecular weight is 521 g/mol. The number of anilines is 2. The van der Waals surface area contributed by atoms with Crippen LogP contribution in [0.2, 0.25) is 0 Å². The highest BCUT2D eigenvalue weighted by Gasteiger charge is 2.35. The van der Waals surface area contributed by atoms with Crippen molar-refractivity contribution in [2.75, 3.05) is 16.6 Å². The highest BCUT2D eigenvalue weighted by Crippen LogP contribution is 2.33. The van der Waals surface area contributed by atoms with Crippen molar-refractivity contribution in [3.05, 3.63) is 77.4 Å². The van der Waals surface area contributed by atoms with Gasteiger partial charge in [-0.3, -0.25) is 9.52 Å². The molecule has 2 unspecified atom stereocenters. The van der Waals surface area contributed by atoms with Crippen LogP contribution in [0.15, 0.2) is 54.6 Å². The van der Waals surface area contributed by atoms with E-state index in [9.17, 15) is 26.4 Å². The molecule has 3 aromatic rings. The summed E-state index contributed by atoms with van der Waals surface area (Å²) in [5.41, 5.74) is -0.969. The van der Waals surface area contributed by atoms with E-state index in [0.717, 1.165) is 37.1 Å². The minimum Gasteiger partial charge on any atom is -0.384 e. The second kappa shape index (κ2) is 9.08. The lowest BCUT2D eigenvalue weighted by Crippen LogP contribution is -2.35. The number of benzene rings is 1. The van der Waals surface area contributed by atoms with E-state index in [1.807, 2.05) is 4.72 Å². The van der Waals surface area contributed by atoms with Crippen LogP contribution in [-0.2, 0) is 10.0 Å². The van der Waals surface area contributed by atoms with Crippen molar-refractivity contribution in [1.82, 2.24) is 9.97 Å². The first-order valence-corrected chi connectivity index (χ1v) is 12.6. The fourth-order valence-corrected chi connectivity index (χ4v) is 5.36. The number of carbonyl (C=O) groups excluding carboxylic acids is 1. The van der Waals surface area contributed by atoms with Gasteiger partial charge in [0.1, 0.15) is 28.7 Å². The van der Waals surface area contributed by atoms with Gasteiger partial charge in [-0.15, -0.1) is 0 Å². The number of nitrogens with zero attached hydrogens (tertiary/aromatic N) is 1. The number of allylic oxidation sites excluding steroid dienone is 3. The minimum atomic E-state index is -4.69. The number of sulfonamides is 1. The second-order valence-electron chi connectivity index (χ2n) is 8.69. The van der Waals surface area contributed by atoms with Gasteiger partial charge in [0.2, 0.25) is 15.8 Å². The number of nitrogens with one attached hydrogen (secondary N) is 3. The van der Waals surface area contributed by atoms with Gasteiger partial charge in [0.25, 0.3) is 0 Å². The smallest absolute Gasteiger partial charge is 0.242 e. The van der Waals surface area contributed by atoms with E-state index in [1.54, 1.807) is 6.07 Å². The number of pyridine rings is 1. The van der Waals surface area contributed by atoms with E-state index in [2.05, 4.69) is 15.3 Å². The molecule has 36 heavy (non-hydrogen) atoms. The fourth-order valence-electron chi connectivity index (χ4n) is 4.01. The lowest BCUT2D eigenvalue weighted by atomic mass is 10.0. The summed E-state index contributed by atoms with van der Waals surface area (Å²) in [5, 5.41) is 1.58. The number of hydrogen-bond donors (Lipinski definition) is 3. The number of carbonyl (C=O) groups is 1. The zero-order chi connectivity index (χ0) is 25.6. The maximum absolute atomic E-state index is 15.4. The molecule has 2 atom stereocenters. The highest BCUT2D eigenvalue weighted by molar-refractivity contribution is 7.93. The number of fused-ring (bicyclic) bond motifs is 1. The number of aromatic nitrogens is 2. The largest absolute Gasteiger partial charge is 0.384 e. The monoisotopic (exact) mass is 520 g/mol. The van der Waals surface area contributed by atoms with Crippen molar-refractivity contribution < 1.29 is 30.8 Å². The third-order valence-corrected chi connectivity index (χ3v) is 7.72. The van der Waals surface area contributed by atoms with E-state index in [0.29, 0.717) is 35.3 Å². The molecule has 2 heterocycles. The maximum Gasteiger partial charge on any atom is 0.242 e. The SMILES string of the molecule is O=C(c1c(F)ccc(NS(=O)(=O)C2C=C(F)C=CC2F)c1F)c1c[nH]c2nccc(NCC3CC3)c12. The van der Waals surface area contributed by atoms with Gasteiger partial charge in [0.05, 0.1) is 22.2 Å². The molecular formula is C24H20F4N4O3S. The summed E-state index contributed by atoms with van der Waals surface area (Å²) in [5.74, 6) is -4.22. The van der Waals surface area contributed by atoms with Crippen LogP contribution in [0.5, 0.6) is 0 Å². The molecule has 0 bridgehead atoms. The Kier molecular flexibility index (Phi) is 6.07. The lowest BCUT2D eigenvalue weighted by molar-refractivity contribution is 0.103. The number of halogens is 4. The summed E-state index contributed by atoms with van der Waals surface area (Å²) in [6.07, 6.45) is 4.90. The molecule has 5 rings (SSSR count). The van der Waals surface area contributed by atoms with Crippen LogP contribution in [0.1, 0.15) is 28.8 Å². The highest BCUT2D eigenvalue weighted by atomic mass is 32.2. The van der Waals surface area contributed by atoms with Crippen molar-refractivity contribution in [2.45, 2.75) is 24.3 Å². The maximum atomic E-state index is 15.4. The Balaban J connectivity index is 1.50. The number of alkyl halides is 1. The van der Waals surface area contributed by atoms with Gasteiger partial charge in [-0.2, -0.15) is 0 Å². The topological polar surface area (TPSA) is 104 Å². The van der Waals surface area contributed by atoms with Crippen molar-refractivity contribution in [2.24, 2.45) is 5.92 Å². The van der Waals surface area contributed by atoms with E-state index in [4.69, 9.17) is 0 Å². The van der Waals surface area contributed by atoms with Crippen LogP contribution >= 0.6 is 0 Å². The summed E-state index contributed by atoms with van der Waals surface area (Å²) in [6, 6.07) is 3.13. The molecule has 0 amide bonds. The third kappa shape index (κ3) is 4.48. The molecule has 1 fully saturated rings. The first kappa shape index (κ1) is 24.0. The standard InChI is InChI=1S/C24H20F4N4O3S/c25-13-3-4-15(26)19(9-13)36(34,35)32-18-6-5-16(27)21(22(18)28)23(33)14-11-31-24-20(14)17(7-8-29-24)30-10-12-1-2-12/h3-9,11-12,15,19,32H,1-2,10H2,(H2,29,30,31). The molecule has 0 radical (unpaired) electrons. The molecule has 0 aliphatic heterocycles. The van der Waals surface area contributed by atoms with Crippen LogP contribution in [-0.4, -0.2) is 42.1 Å². The number of hydrogen-bond acceptors (Lipinski definition) is 5. The molecule has 188 valence electrons. The Morgan fingerprint density at radius 3 is 2.67 bits per heavy atom. The van der Waals surface area contributed by atoms with Crippen molar-refractivity contribution >= 4 is 38.2 Å². The van der Waals surface area contributed by atoms with Gasteiger partial charge >= 0.3 is 0 Å². The molecule has 7 nitrogen and oxygen atoms in total. The number of aromatic amines is 1. The zero-order valence-corrected chi connectivity index (χ0v) is 19.4. The summed E-state index contributed by atoms with van der Waals surface area (Å²) in [4.78, 5) is 20.3. The van der Waals surface area contributed by atoms with Crippen LogP contribution < -0.4 is 10.0 Å². The van der Waals surface area contributed by atoms with Crippen LogP contribution in [0.4, 0.5) is 28.9 Å². The molecular weight excluding hydrogens is 500 g/mol. The third-order valence-electron chi connectivity index (χ3n) is 6.10. The van der Waals surface area contributed by atoms with Crippen molar-refractivity contribution in [3.63, 3.8) is 0 Å². The number of H-pyrrole nitrogens is 1. The predicted molar refractivity (Wildman–Crippen MR) is 127 cm³/mol. The first-order valence-electron chi connectivity index (χ1n) is 11.1. The molecule has 2 aliphatic carbocycles. The summed E-state index contributed by atoms with van der Waals surface area (Å²) in [7, 11) is -4.69. The van der Waals surface area contributed by atoms with Gasteiger partial charge in [-0.05, 0) is 55.2 Å². The van der Waals surface area contributed by atoms with Crippen LogP contribution in [0, 0.1) is 17.6 Å². The molecule has 1 aromatic carbocycles. The quantitative estimate of drug-likeness (QED) is 0.293. The molecule has 0 saturated heterocycles. The summed E-state index contributed by atoms with van der Waals surface area (Å²) in [6.45, 7) is 0.666. The normalized spacial score (nSPS) is 19.8. The molecule has 1 saturated carbocycles. The minimum absolute atomic E-state index is 0.0690. The fraction of sp³-hybridized carbons (Fsp3) is 0.250. The molecule has 2 aromatic heterocycles.